The first kappa shape index (κ1) is 28.1. The summed E-state index contributed by atoms with van der Waals surface area (Å²) in [5.41, 5.74) is 4.57. The molecule has 0 aliphatic carbocycles. The predicted octanol–water partition coefficient (Wildman–Crippen LogP) is 6.55. The molecular weight excluding hydrogens is 550 g/mol. The Kier molecular flexibility index (Phi) is 11.0. The molecule has 8 heteroatoms. The zero-order valence-corrected chi connectivity index (χ0v) is 22.9. The average Bonchev–Trinajstić information content (AvgIpc) is 2.95. The van der Waals surface area contributed by atoms with E-state index in [1.54, 1.807) is 0 Å². The number of carbonyl (C=O) groups is 1. The Labute approximate surface area is 232 Å². The summed E-state index contributed by atoms with van der Waals surface area (Å²) >= 11 is 3.47. The number of halogens is 1. The van der Waals surface area contributed by atoms with E-state index in [9.17, 15) is 4.79 Å². The molecule has 1 heterocycles. The van der Waals surface area contributed by atoms with Crippen molar-refractivity contribution >= 4 is 22.1 Å². The van der Waals surface area contributed by atoms with Gasteiger partial charge in [-0.05, 0) is 40.8 Å². The smallest absolute Gasteiger partial charge is 0.494 e. The Balaban J connectivity index is 1.28. The van der Waals surface area contributed by atoms with E-state index in [1.165, 1.54) is 16.2 Å². The molecule has 4 rings (SSSR count). The number of hydrogen-bond acceptors (Lipinski definition) is 6. The van der Waals surface area contributed by atoms with Crippen molar-refractivity contribution in [2.45, 2.75) is 43.4 Å². The number of nitrogens with zero attached hydrogens (tertiary/aromatic N) is 1. The van der Waals surface area contributed by atoms with Crippen molar-refractivity contribution < 1.29 is 28.9 Å². The van der Waals surface area contributed by atoms with E-state index in [2.05, 4.69) is 64.5 Å². The first-order chi connectivity index (χ1) is 18.6. The molecule has 7 nitrogen and oxygen atoms in total. The van der Waals surface area contributed by atoms with Gasteiger partial charge in [0.15, 0.2) is 0 Å². The standard InChI is InChI=1S/C30H34BrNO6/c31-19-23-7-9-25(10-8-23)22-37-29-20-32(38-30(33)34)16-15-28(29)26-11-13-27(14-12-26)36-18-4-17-35-21-24-5-2-1-3-6-24/h1-3,5-14,28-29H,4,15-22H2,(H,33,34). The van der Waals surface area contributed by atoms with Crippen molar-refractivity contribution in [2.24, 2.45) is 0 Å². The van der Waals surface area contributed by atoms with E-state index >= 15 is 0 Å². The maximum Gasteiger partial charge on any atom is 0.525 e. The molecule has 38 heavy (non-hydrogen) atoms. The fraction of sp³-hybridized carbons (Fsp3) is 0.367. The van der Waals surface area contributed by atoms with Crippen molar-refractivity contribution in [3.8, 4) is 5.75 Å². The molecule has 202 valence electrons. The number of ether oxygens (including phenoxy) is 3. The summed E-state index contributed by atoms with van der Waals surface area (Å²) in [4.78, 5) is 16.0. The second-order valence-corrected chi connectivity index (χ2v) is 9.81. The first-order valence-corrected chi connectivity index (χ1v) is 14.0. The first-order valence-electron chi connectivity index (χ1n) is 12.9. The molecule has 2 atom stereocenters. The fourth-order valence-electron chi connectivity index (χ4n) is 4.49. The minimum Gasteiger partial charge on any atom is -0.494 e. The number of carboxylic acid groups (broad SMARTS) is 1. The molecule has 0 bridgehead atoms. The van der Waals surface area contributed by atoms with Crippen LogP contribution in [-0.4, -0.2) is 48.7 Å². The number of hydrogen-bond donors (Lipinski definition) is 1. The maximum atomic E-state index is 11.1. The van der Waals surface area contributed by atoms with Crippen LogP contribution in [0.4, 0.5) is 4.79 Å². The number of benzene rings is 3. The molecule has 3 aromatic carbocycles. The number of alkyl halides is 1. The van der Waals surface area contributed by atoms with Gasteiger partial charge in [-0.3, -0.25) is 0 Å². The van der Waals surface area contributed by atoms with Gasteiger partial charge in [0, 0.05) is 24.2 Å². The van der Waals surface area contributed by atoms with Crippen molar-refractivity contribution in [1.29, 1.82) is 0 Å². The van der Waals surface area contributed by atoms with Crippen molar-refractivity contribution in [2.75, 3.05) is 26.3 Å². The molecule has 1 aliphatic heterocycles. The van der Waals surface area contributed by atoms with Crippen LogP contribution in [0.25, 0.3) is 0 Å². The quantitative estimate of drug-likeness (QED) is 0.180. The summed E-state index contributed by atoms with van der Waals surface area (Å²) in [6.45, 7) is 3.16. The van der Waals surface area contributed by atoms with Crippen LogP contribution in [0.2, 0.25) is 0 Å². The Morgan fingerprint density at radius 2 is 1.61 bits per heavy atom. The predicted molar refractivity (Wildman–Crippen MR) is 148 cm³/mol. The van der Waals surface area contributed by atoms with Gasteiger partial charge in [0.25, 0.3) is 0 Å². The zero-order chi connectivity index (χ0) is 26.6. The van der Waals surface area contributed by atoms with E-state index in [4.69, 9.17) is 24.2 Å². The van der Waals surface area contributed by atoms with E-state index in [0.29, 0.717) is 39.5 Å². The summed E-state index contributed by atoms with van der Waals surface area (Å²) < 4.78 is 17.9. The summed E-state index contributed by atoms with van der Waals surface area (Å²) in [6.07, 6.45) is 0.00906. The molecule has 2 unspecified atom stereocenters. The van der Waals surface area contributed by atoms with Gasteiger partial charge in [-0.1, -0.05) is 82.7 Å². The van der Waals surface area contributed by atoms with Gasteiger partial charge in [0.1, 0.15) is 5.75 Å². The lowest BCUT2D eigenvalue weighted by Gasteiger charge is -2.37. The zero-order valence-electron chi connectivity index (χ0n) is 21.3. The highest BCUT2D eigenvalue weighted by Crippen LogP contribution is 2.32. The van der Waals surface area contributed by atoms with Crippen molar-refractivity contribution in [3.05, 3.63) is 101 Å². The summed E-state index contributed by atoms with van der Waals surface area (Å²) in [7, 11) is 0. The molecule has 0 saturated carbocycles. The molecule has 1 fully saturated rings. The highest BCUT2D eigenvalue weighted by atomic mass is 79.9. The number of rotatable bonds is 13. The topological polar surface area (TPSA) is 77.5 Å². The van der Waals surface area contributed by atoms with Gasteiger partial charge in [-0.25, -0.2) is 4.79 Å². The lowest BCUT2D eigenvalue weighted by atomic mass is 9.87. The van der Waals surface area contributed by atoms with Gasteiger partial charge >= 0.3 is 6.16 Å². The Bertz CT molecular complexity index is 1110. The van der Waals surface area contributed by atoms with E-state index < -0.39 is 6.16 Å². The Hall–Kier alpha value is -2.91. The molecule has 0 radical (unpaired) electrons. The molecule has 3 aromatic rings. The summed E-state index contributed by atoms with van der Waals surface area (Å²) in [6, 6.07) is 26.5. The van der Waals surface area contributed by atoms with E-state index in [1.807, 2.05) is 30.3 Å². The third kappa shape index (κ3) is 8.84. The van der Waals surface area contributed by atoms with Gasteiger partial charge < -0.3 is 24.2 Å². The minimum atomic E-state index is -1.31. The van der Waals surface area contributed by atoms with Crippen LogP contribution in [0.15, 0.2) is 78.9 Å². The normalized spacial score (nSPS) is 17.7. The molecule has 1 saturated heterocycles. The third-order valence-electron chi connectivity index (χ3n) is 6.49. The van der Waals surface area contributed by atoms with Crippen LogP contribution in [0.3, 0.4) is 0 Å². The van der Waals surface area contributed by atoms with Gasteiger partial charge in [0.2, 0.25) is 0 Å². The van der Waals surface area contributed by atoms with Crippen LogP contribution >= 0.6 is 15.9 Å². The number of piperidine rings is 1. The Morgan fingerprint density at radius 3 is 2.32 bits per heavy atom. The van der Waals surface area contributed by atoms with Gasteiger partial charge in [-0.15, -0.1) is 5.06 Å². The van der Waals surface area contributed by atoms with Crippen LogP contribution in [0.1, 0.15) is 41.0 Å². The molecule has 0 spiro atoms. The lowest BCUT2D eigenvalue weighted by Crippen LogP contribution is -2.44. The van der Waals surface area contributed by atoms with Crippen LogP contribution in [0, 0.1) is 0 Å². The van der Waals surface area contributed by atoms with Gasteiger partial charge in [-0.2, -0.15) is 0 Å². The lowest BCUT2D eigenvalue weighted by molar-refractivity contribution is -0.166. The summed E-state index contributed by atoms with van der Waals surface area (Å²) in [5.74, 6) is 0.929. The third-order valence-corrected chi connectivity index (χ3v) is 7.14. The largest absolute Gasteiger partial charge is 0.525 e. The highest BCUT2D eigenvalue weighted by molar-refractivity contribution is 9.08. The van der Waals surface area contributed by atoms with E-state index in [0.717, 1.165) is 35.0 Å². The fourth-order valence-corrected chi connectivity index (χ4v) is 4.86. The SMILES string of the molecule is O=C(O)ON1CCC(c2ccc(OCCCOCc3ccccc3)cc2)C(OCc2ccc(CBr)cc2)C1. The van der Waals surface area contributed by atoms with Crippen LogP contribution in [0.5, 0.6) is 5.75 Å². The van der Waals surface area contributed by atoms with Crippen molar-refractivity contribution in [3.63, 3.8) is 0 Å². The molecule has 0 aromatic heterocycles. The summed E-state index contributed by atoms with van der Waals surface area (Å²) in [5, 5.41) is 11.3. The Morgan fingerprint density at radius 1 is 0.895 bits per heavy atom. The highest BCUT2D eigenvalue weighted by Gasteiger charge is 2.33. The number of hydroxylamine groups is 2. The average molecular weight is 585 g/mol. The molecular formula is C30H34BrNO6. The minimum absolute atomic E-state index is 0.117. The molecule has 0 amide bonds. The van der Waals surface area contributed by atoms with Crippen molar-refractivity contribution in [1.82, 2.24) is 5.06 Å². The van der Waals surface area contributed by atoms with Crippen LogP contribution < -0.4 is 4.74 Å². The maximum absolute atomic E-state index is 11.1. The second-order valence-electron chi connectivity index (χ2n) is 9.25. The van der Waals surface area contributed by atoms with Crippen LogP contribution in [-0.2, 0) is 32.9 Å². The second kappa shape index (κ2) is 14.9. The van der Waals surface area contributed by atoms with Gasteiger partial charge in [0.05, 0.1) is 39.1 Å². The monoisotopic (exact) mass is 583 g/mol. The van der Waals surface area contributed by atoms with E-state index in [-0.39, 0.29) is 12.0 Å². The molecule has 1 aliphatic rings. The molecule has 1 N–H and O–H groups in total.